The van der Waals surface area contributed by atoms with Crippen molar-refractivity contribution >= 4 is 17.5 Å². The third kappa shape index (κ3) is 3.49. The van der Waals surface area contributed by atoms with Crippen LogP contribution in [0.4, 0.5) is 5.95 Å². The van der Waals surface area contributed by atoms with E-state index in [9.17, 15) is 0 Å². The van der Waals surface area contributed by atoms with Crippen LogP contribution in [0.3, 0.4) is 0 Å². The third-order valence-electron chi connectivity index (χ3n) is 2.36. The molecule has 3 N–H and O–H groups in total. The summed E-state index contributed by atoms with van der Waals surface area (Å²) >= 11 is 6.00. The zero-order chi connectivity index (χ0) is 14.4. The summed E-state index contributed by atoms with van der Waals surface area (Å²) in [6, 6.07) is 7.30. The van der Waals surface area contributed by atoms with Crippen LogP contribution in [-0.2, 0) is 0 Å². The number of hydrogen-bond acceptors (Lipinski definition) is 6. The van der Waals surface area contributed by atoms with Gasteiger partial charge in [-0.1, -0.05) is 30.7 Å². The molecule has 1 heterocycles. The lowest BCUT2D eigenvalue weighted by Gasteiger charge is -2.12. The van der Waals surface area contributed by atoms with Crippen LogP contribution in [-0.4, -0.2) is 16.6 Å². The van der Waals surface area contributed by atoms with Crippen molar-refractivity contribution in [2.24, 2.45) is 5.84 Å². The molecule has 0 aliphatic heterocycles. The van der Waals surface area contributed by atoms with Gasteiger partial charge in [-0.15, -0.1) is 0 Å². The molecular formula is C13H15ClN4O2. The Morgan fingerprint density at radius 1 is 1.30 bits per heavy atom. The zero-order valence-corrected chi connectivity index (χ0v) is 11.7. The van der Waals surface area contributed by atoms with Gasteiger partial charge in [-0.2, -0.15) is 4.98 Å². The molecule has 0 aliphatic rings. The van der Waals surface area contributed by atoms with E-state index in [-0.39, 0.29) is 16.9 Å². The van der Waals surface area contributed by atoms with Crippen molar-refractivity contribution in [3.63, 3.8) is 0 Å². The quantitative estimate of drug-likeness (QED) is 0.629. The lowest BCUT2D eigenvalue weighted by molar-refractivity contribution is 0.301. The number of hydrogen-bond donors (Lipinski definition) is 2. The standard InChI is InChI=1S/C13H15ClN4O2/c1-2-7-19-10-5-3-4-6-11(10)20-12-9(14)8-16-13(17-12)18-15/h3-6,8H,2,7,15H2,1H3,(H,16,17,18). The number of nitrogen functional groups attached to an aromatic ring is 1. The summed E-state index contributed by atoms with van der Waals surface area (Å²) in [6.07, 6.45) is 2.32. The maximum Gasteiger partial charge on any atom is 0.243 e. The molecule has 0 radical (unpaired) electrons. The number of hydrazine groups is 1. The number of para-hydroxylation sites is 2. The van der Waals surface area contributed by atoms with Crippen LogP contribution in [0.5, 0.6) is 17.4 Å². The minimum Gasteiger partial charge on any atom is -0.490 e. The first kappa shape index (κ1) is 14.4. The van der Waals surface area contributed by atoms with E-state index in [1.807, 2.05) is 25.1 Å². The summed E-state index contributed by atoms with van der Waals surface area (Å²) < 4.78 is 11.3. The summed E-state index contributed by atoms with van der Waals surface area (Å²) in [5.74, 6) is 6.85. The number of rotatable bonds is 6. The summed E-state index contributed by atoms with van der Waals surface area (Å²) in [5.41, 5.74) is 2.34. The van der Waals surface area contributed by atoms with E-state index in [1.165, 1.54) is 6.20 Å². The second-order valence-corrected chi connectivity index (χ2v) is 4.30. The normalized spacial score (nSPS) is 10.2. The van der Waals surface area contributed by atoms with Gasteiger partial charge >= 0.3 is 0 Å². The second-order valence-electron chi connectivity index (χ2n) is 3.89. The molecule has 0 unspecified atom stereocenters. The Morgan fingerprint density at radius 2 is 2.05 bits per heavy atom. The van der Waals surface area contributed by atoms with E-state index in [4.69, 9.17) is 26.9 Å². The van der Waals surface area contributed by atoms with Crippen molar-refractivity contribution in [3.05, 3.63) is 35.5 Å². The molecule has 0 saturated heterocycles. The molecule has 1 aromatic heterocycles. The lowest BCUT2D eigenvalue weighted by atomic mass is 10.3. The predicted molar refractivity (Wildman–Crippen MR) is 77.2 cm³/mol. The molecule has 0 aliphatic carbocycles. The smallest absolute Gasteiger partial charge is 0.243 e. The van der Waals surface area contributed by atoms with Crippen molar-refractivity contribution in [3.8, 4) is 17.4 Å². The zero-order valence-electron chi connectivity index (χ0n) is 11.0. The number of nitrogens with two attached hydrogens (primary N) is 1. The van der Waals surface area contributed by atoms with Crippen molar-refractivity contribution in [2.45, 2.75) is 13.3 Å². The SMILES string of the molecule is CCCOc1ccccc1Oc1nc(NN)ncc1Cl. The highest BCUT2D eigenvalue weighted by Crippen LogP contribution is 2.33. The minimum atomic E-state index is 0.210. The summed E-state index contributed by atoms with van der Waals surface area (Å²) in [6.45, 7) is 2.64. The Hall–Kier alpha value is -2.05. The number of nitrogens with one attached hydrogen (secondary N) is 1. The number of nitrogens with zero attached hydrogens (tertiary/aromatic N) is 2. The van der Waals surface area contributed by atoms with Gasteiger partial charge in [-0.05, 0) is 18.6 Å². The average Bonchev–Trinajstić information content (AvgIpc) is 2.48. The molecule has 0 fully saturated rings. The number of ether oxygens (including phenoxy) is 2. The molecule has 0 amide bonds. The van der Waals surface area contributed by atoms with Crippen LogP contribution in [0, 0.1) is 0 Å². The molecule has 2 aromatic rings. The van der Waals surface area contributed by atoms with E-state index in [0.717, 1.165) is 6.42 Å². The van der Waals surface area contributed by atoms with Crippen LogP contribution < -0.4 is 20.7 Å². The Morgan fingerprint density at radius 3 is 2.75 bits per heavy atom. The molecule has 1 aromatic carbocycles. The maximum atomic E-state index is 6.00. The summed E-state index contributed by atoms with van der Waals surface area (Å²) in [4.78, 5) is 7.93. The summed E-state index contributed by atoms with van der Waals surface area (Å²) in [5, 5.41) is 0.286. The van der Waals surface area contributed by atoms with Gasteiger partial charge in [-0.3, -0.25) is 5.43 Å². The van der Waals surface area contributed by atoms with Crippen LogP contribution in [0.15, 0.2) is 30.5 Å². The molecule has 7 heteroatoms. The minimum absolute atomic E-state index is 0.210. The Labute approximate surface area is 121 Å². The van der Waals surface area contributed by atoms with E-state index in [1.54, 1.807) is 6.07 Å². The van der Waals surface area contributed by atoms with Gasteiger partial charge in [0, 0.05) is 0 Å². The highest BCUT2D eigenvalue weighted by Gasteiger charge is 2.11. The molecule has 0 saturated carbocycles. The van der Waals surface area contributed by atoms with E-state index in [2.05, 4.69) is 15.4 Å². The van der Waals surface area contributed by atoms with Crippen molar-refractivity contribution in [1.29, 1.82) is 0 Å². The fourth-order valence-corrected chi connectivity index (χ4v) is 1.59. The molecule has 106 valence electrons. The van der Waals surface area contributed by atoms with Crippen LogP contribution in [0.1, 0.15) is 13.3 Å². The first-order chi connectivity index (χ1) is 9.74. The highest BCUT2D eigenvalue weighted by atomic mass is 35.5. The van der Waals surface area contributed by atoms with Gasteiger partial charge in [0.25, 0.3) is 0 Å². The molecule has 0 bridgehead atoms. The Balaban J connectivity index is 2.25. The molecular weight excluding hydrogens is 280 g/mol. The van der Waals surface area contributed by atoms with Crippen LogP contribution in [0.2, 0.25) is 5.02 Å². The second kappa shape index (κ2) is 6.93. The van der Waals surface area contributed by atoms with Gasteiger partial charge in [0.15, 0.2) is 11.5 Å². The first-order valence-corrected chi connectivity index (χ1v) is 6.51. The molecule has 20 heavy (non-hydrogen) atoms. The lowest BCUT2D eigenvalue weighted by Crippen LogP contribution is -2.10. The van der Waals surface area contributed by atoms with Crippen molar-refractivity contribution < 1.29 is 9.47 Å². The van der Waals surface area contributed by atoms with Crippen LogP contribution >= 0.6 is 11.6 Å². The average molecular weight is 295 g/mol. The number of benzene rings is 1. The number of aromatic nitrogens is 2. The van der Waals surface area contributed by atoms with Crippen LogP contribution in [0.25, 0.3) is 0 Å². The fraction of sp³-hybridized carbons (Fsp3) is 0.231. The van der Waals surface area contributed by atoms with E-state index >= 15 is 0 Å². The largest absolute Gasteiger partial charge is 0.490 e. The number of anilines is 1. The fourth-order valence-electron chi connectivity index (χ4n) is 1.46. The first-order valence-electron chi connectivity index (χ1n) is 6.13. The van der Waals surface area contributed by atoms with Crippen molar-refractivity contribution in [1.82, 2.24) is 9.97 Å². The predicted octanol–water partition coefficient (Wildman–Crippen LogP) is 3.00. The molecule has 2 rings (SSSR count). The Kier molecular flexibility index (Phi) is 4.97. The summed E-state index contributed by atoms with van der Waals surface area (Å²) in [7, 11) is 0. The third-order valence-corrected chi connectivity index (χ3v) is 2.62. The van der Waals surface area contributed by atoms with E-state index < -0.39 is 0 Å². The topological polar surface area (TPSA) is 82.3 Å². The van der Waals surface area contributed by atoms with Gasteiger partial charge in [0.2, 0.25) is 11.8 Å². The molecule has 6 nitrogen and oxygen atoms in total. The van der Waals surface area contributed by atoms with Gasteiger partial charge in [-0.25, -0.2) is 10.8 Å². The molecule has 0 spiro atoms. The van der Waals surface area contributed by atoms with Gasteiger partial charge in [0.1, 0.15) is 5.02 Å². The number of halogens is 1. The van der Waals surface area contributed by atoms with E-state index in [0.29, 0.717) is 18.1 Å². The maximum absolute atomic E-state index is 6.00. The Bertz CT molecular complexity index is 580. The van der Waals surface area contributed by atoms with Gasteiger partial charge in [0.05, 0.1) is 12.8 Å². The van der Waals surface area contributed by atoms with Gasteiger partial charge < -0.3 is 9.47 Å². The monoisotopic (exact) mass is 294 g/mol. The molecule has 0 atom stereocenters. The van der Waals surface area contributed by atoms with Crippen molar-refractivity contribution in [2.75, 3.05) is 12.0 Å². The highest BCUT2D eigenvalue weighted by molar-refractivity contribution is 6.31.